The SMILES string of the molecule is CCCCCCCCCCCCC(=O)N1Cc2ccccc2CC1C(=O)N(C)CCOCCNC. The lowest BCUT2D eigenvalue weighted by Gasteiger charge is -2.38. The number of ether oxygens (including phenoxy) is 1. The van der Waals surface area contributed by atoms with E-state index in [1.54, 1.807) is 4.90 Å². The third kappa shape index (κ3) is 10.7. The predicted molar refractivity (Wildman–Crippen MR) is 143 cm³/mol. The molecule has 2 rings (SSSR count). The normalized spacial score (nSPS) is 15.2. The van der Waals surface area contributed by atoms with E-state index in [4.69, 9.17) is 4.74 Å². The fourth-order valence-corrected chi connectivity index (χ4v) is 4.76. The van der Waals surface area contributed by atoms with E-state index in [1.165, 1.54) is 56.9 Å². The molecule has 1 unspecified atom stereocenters. The van der Waals surface area contributed by atoms with E-state index in [9.17, 15) is 9.59 Å². The number of hydrogen-bond acceptors (Lipinski definition) is 4. The van der Waals surface area contributed by atoms with Crippen molar-refractivity contribution in [3.8, 4) is 0 Å². The summed E-state index contributed by atoms with van der Waals surface area (Å²) in [6, 6.07) is 7.76. The van der Waals surface area contributed by atoms with Gasteiger partial charge in [-0.2, -0.15) is 0 Å². The van der Waals surface area contributed by atoms with E-state index >= 15 is 0 Å². The number of carbonyl (C=O) groups is 2. The number of nitrogens with zero attached hydrogens (tertiary/aromatic N) is 2. The average molecular weight is 488 g/mol. The zero-order valence-electron chi connectivity index (χ0n) is 22.5. The Balaban J connectivity index is 1.82. The van der Waals surface area contributed by atoms with Gasteiger partial charge < -0.3 is 19.9 Å². The molecule has 6 nitrogen and oxygen atoms in total. The highest BCUT2D eigenvalue weighted by atomic mass is 16.5. The Hall–Kier alpha value is -1.92. The van der Waals surface area contributed by atoms with Gasteiger partial charge in [-0.05, 0) is 24.6 Å². The first kappa shape index (κ1) is 29.3. The molecule has 1 N–H and O–H groups in total. The van der Waals surface area contributed by atoms with Crippen LogP contribution in [0.2, 0.25) is 0 Å². The molecule has 0 saturated carbocycles. The molecule has 6 heteroatoms. The largest absolute Gasteiger partial charge is 0.378 e. The van der Waals surface area contributed by atoms with Crippen LogP contribution in [0.15, 0.2) is 24.3 Å². The highest BCUT2D eigenvalue weighted by Gasteiger charge is 2.35. The van der Waals surface area contributed by atoms with Gasteiger partial charge in [-0.15, -0.1) is 0 Å². The summed E-state index contributed by atoms with van der Waals surface area (Å²) in [5, 5.41) is 3.05. The molecular weight excluding hydrogens is 438 g/mol. The van der Waals surface area contributed by atoms with E-state index in [0.717, 1.165) is 24.9 Å². The molecule has 0 bridgehead atoms. The van der Waals surface area contributed by atoms with Crippen molar-refractivity contribution in [2.45, 2.75) is 96.6 Å². The number of unbranched alkanes of at least 4 members (excludes halogenated alkanes) is 9. The minimum atomic E-state index is -0.428. The molecule has 0 saturated heterocycles. The quantitative estimate of drug-likeness (QED) is 0.298. The van der Waals surface area contributed by atoms with Crippen LogP contribution < -0.4 is 5.32 Å². The van der Waals surface area contributed by atoms with E-state index in [-0.39, 0.29) is 11.8 Å². The minimum Gasteiger partial charge on any atom is -0.378 e. The maximum Gasteiger partial charge on any atom is 0.245 e. The van der Waals surface area contributed by atoms with Gasteiger partial charge >= 0.3 is 0 Å². The first-order valence-corrected chi connectivity index (χ1v) is 13.9. The number of amides is 2. The summed E-state index contributed by atoms with van der Waals surface area (Å²) in [4.78, 5) is 30.1. The predicted octanol–water partition coefficient (Wildman–Crippen LogP) is 4.95. The van der Waals surface area contributed by atoms with Gasteiger partial charge in [0.25, 0.3) is 0 Å². The zero-order chi connectivity index (χ0) is 25.3. The fraction of sp³-hybridized carbons (Fsp3) is 0.724. The molecule has 1 atom stereocenters. The number of likely N-dealkylation sites (N-methyl/N-ethyl adjacent to an activating group) is 2. The van der Waals surface area contributed by atoms with E-state index in [2.05, 4.69) is 24.4 Å². The topological polar surface area (TPSA) is 61.9 Å². The van der Waals surface area contributed by atoms with Crippen LogP contribution in [0, 0.1) is 0 Å². The van der Waals surface area contributed by atoms with Crippen molar-refractivity contribution >= 4 is 11.8 Å². The van der Waals surface area contributed by atoms with Gasteiger partial charge in [-0.25, -0.2) is 0 Å². The maximum atomic E-state index is 13.3. The summed E-state index contributed by atoms with van der Waals surface area (Å²) in [6.45, 7) is 5.22. The van der Waals surface area contributed by atoms with Gasteiger partial charge in [0.2, 0.25) is 11.8 Å². The number of nitrogens with one attached hydrogen (secondary N) is 1. The van der Waals surface area contributed by atoms with Crippen LogP contribution in [0.3, 0.4) is 0 Å². The molecule has 35 heavy (non-hydrogen) atoms. The smallest absolute Gasteiger partial charge is 0.245 e. The number of carbonyl (C=O) groups excluding carboxylic acids is 2. The Morgan fingerprint density at radius 1 is 0.971 bits per heavy atom. The molecule has 1 aromatic carbocycles. The van der Waals surface area contributed by atoms with Crippen molar-refractivity contribution < 1.29 is 14.3 Å². The van der Waals surface area contributed by atoms with Crippen LogP contribution in [-0.2, 0) is 27.3 Å². The Kier molecular flexibility index (Phi) is 14.7. The van der Waals surface area contributed by atoms with Crippen LogP contribution >= 0.6 is 0 Å². The minimum absolute atomic E-state index is 0.00754. The highest BCUT2D eigenvalue weighted by molar-refractivity contribution is 5.88. The van der Waals surface area contributed by atoms with Gasteiger partial charge in [-0.1, -0.05) is 89.0 Å². The lowest BCUT2D eigenvalue weighted by molar-refractivity contribution is -0.146. The summed E-state index contributed by atoms with van der Waals surface area (Å²) in [5.41, 5.74) is 2.33. The average Bonchev–Trinajstić information content (AvgIpc) is 2.88. The van der Waals surface area contributed by atoms with Crippen molar-refractivity contribution in [1.82, 2.24) is 15.1 Å². The molecule has 0 radical (unpaired) electrons. The summed E-state index contributed by atoms with van der Waals surface area (Å²) >= 11 is 0. The van der Waals surface area contributed by atoms with Gasteiger partial charge in [-0.3, -0.25) is 9.59 Å². The number of rotatable bonds is 18. The van der Waals surface area contributed by atoms with Crippen LogP contribution in [-0.4, -0.2) is 68.1 Å². The third-order valence-corrected chi connectivity index (χ3v) is 7.04. The van der Waals surface area contributed by atoms with Gasteiger partial charge in [0.05, 0.1) is 13.2 Å². The molecule has 0 aromatic heterocycles. The first-order chi connectivity index (χ1) is 17.1. The summed E-state index contributed by atoms with van der Waals surface area (Å²) in [5.74, 6) is 0.115. The van der Waals surface area contributed by atoms with Crippen molar-refractivity contribution in [2.24, 2.45) is 0 Å². The van der Waals surface area contributed by atoms with Crippen LogP contribution in [0.1, 0.15) is 88.7 Å². The summed E-state index contributed by atoms with van der Waals surface area (Å²) in [6.07, 6.45) is 13.6. The Labute approximate surface area is 213 Å². The fourth-order valence-electron chi connectivity index (χ4n) is 4.76. The standard InChI is InChI=1S/C29H49N3O3/c1-4-5-6-7-8-9-10-11-12-13-18-28(33)32-24-26-17-15-14-16-25(26)23-27(32)29(34)31(3)20-22-35-21-19-30-2/h14-17,27,30H,4-13,18-24H2,1-3H3. The number of fused-ring (bicyclic) bond motifs is 1. The van der Waals surface area contributed by atoms with Crippen molar-refractivity contribution in [3.63, 3.8) is 0 Å². The lowest BCUT2D eigenvalue weighted by atomic mass is 9.92. The molecule has 1 heterocycles. The van der Waals surface area contributed by atoms with Crippen LogP contribution in [0.5, 0.6) is 0 Å². The van der Waals surface area contributed by atoms with E-state index < -0.39 is 6.04 Å². The molecule has 0 spiro atoms. The van der Waals surface area contributed by atoms with Gasteiger partial charge in [0.15, 0.2) is 0 Å². The third-order valence-electron chi connectivity index (χ3n) is 7.04. The Morgan fingerprint density at radius 3 is 2.26 bits per heavy atom. The van der Waals surface area contributed by atoms with Crippen LogP contribution in [0.4, 0.5) is 0 Å². The molecular formula is C29H49N3O3. The molecule has 0 aliphatic carbocycles. The maximum absolute atomic E-state index is 13.3. The van der Waals surface area contributed by atoms with E-state index in [1.807, 2.05) is 31.1 Å². The molecule has 0 fully saturated rings. The summed E-state index contributed by atoms with van der Waals surface area (Å²) in [7, 11) is 3.70. The van der Waals surface area contributed by atoms with Crippen molar-refractivity contribution in [3.05, 3.63) is 35.4 Å². The number of hydrogen-bond donors (Lipinski definition) is 1. The van der Waals surface area contributed by atoms with E-state index in [0.29, 0.717) is 39.1 Å². The molecule has 1 aliphatic rings. The van der Waals surface area contributed by atoms with Gasteiger partial charge in [0.1, 0.15) is 6.04 Å². The Morgan fingerprint density at radius 2 is 1.60 bits per heavy atom. The van der Waals surface area contributed by atoms with Gasteiger partial charge in [0, 0.05) is 39.5 Å². The number of benzene rings is 1. The second-order valence-corrected chi connectivity index (χ2v) is 9.92. The molecule has 1 aromatic rings. The monoisotopic (exact) mass is 487 g/mol. The molecule has 198 valence electrons. The molecule has 1 aliphatic heterocycles. The summed E-state index contributed by atoms with van der Waals surface area (Å²) < 4.78 is 5.59. The second kappa shape index (κ2) is 17.5. The van der Waals surface area contributed by atoms with Crippen molar-refractivity contribution in [2.75, 3.05) is 40.4 Å². The molecule has 2 amide bonds. The lowest BCUT2D eigenvalue weighted by Crippen LogP contribution is -2.53. The highest BCUT2D eigenvalue weighted by Crippen LogP contribution is 2.25. The van der Waals surface area contributed by atoms with Crippen LogP contribution in [0.25, 0.3) is 0 Å². The van der Waals surface area contributed by atoms with Crippen molar-refractivity contribution in [1.29, 1.82) is 0 Å². The second-order valence-electron chi connectivity index (χ2n) is 9.92. The Bertz CT molecular complexity index is 740. The first-order valence-electron chi connectivity index (χ1n) is 13.9. The zero-order valence-corrected chi connectivity index (χ0v) is 22.5.